The van der Waals surface area contributed by atoms with Crippen LogP contribution in [0.25, 0.3) is 0 Å². The molecule has 12 heavy (non-hydrogen) atoms. The van der Waals surface area contributed by atoms with E-state index < -0.39 is 5.60 Å². The SMILES string of the molecule is O=C1C=COC12CCCCCC2. The zero-order chi connectivity index (χ0) is 8.44. The molecule has 1 aliphatic heterocycles. The number of rotatable bonds is 0. The van der Waals surface area contributed by atoms with Crippen molar-refractivity contribution in [1.29, 1.82) is 0 Å². The van der Waals surface area contributed by atoms with E-state index in [1.807, 2.05) is 0 Å². The highest BCUT2D eigenvalue weighted by atomic mass is 16.5. The molecule has 2 rings (SSSR count). The van der Waals surface area contributed by atoms with Crippen molar-refractivity contribution in [2.45, 2.75) is 44.1 Å². The van der Waals surface area contributed by atoms with Crippen LogP contribution in [0.2, 0.25) is 0 Å². The van der Waals surface area contributed by atoms with E-state index in [4.69, 9.17) is 4.74 Å². The van der Waals surface area contributed by atoms with Crippen LogP contribution in [0.4, 0.5) is 0 Å². The topological polar surface area (TPSA) is 26.3 Å². The predicted molar refractivity (Wildman–Crippen MR) is 45.7 cm³/mol. The van der Waals surface area contributed by atoms with E-state index in [1.165, 1.54) is 12.8 Å². The minimum Gasteiger partial charge on any atom is -0.487 e. The molecule has 1 aliphatic carbocycles. The van der Waals surface area contributed by atoms with Gasteiger partial charge < -0.3 is 4.74 Å². The van der Waals surface area contributed by atoms with Crippen LogP contribution in [-0.4, -0.2) is 11.4 Å². The van der Waals surface area contributed by atoms with Gasteiger partial charge in [0.15, 0.2) is 5.60 Å². The third-order valence-electron chi connectivity index (χ3n) is 2.87. The van der Waals surface area contributed by atoms with Gasteiger partial charge in [-0.05, 0) is 25.7 Å². The summed E-state index contributed by atoms with van der Waals surface area (Å²) in [5, 5.41) is 0. The van der Waals surface area contributed by atoms with Crippen LogP contribution in [0.5, 0.6) is 0 Å². The van der Waals surface area contributed by atoms with Crippen molar-refractivity contribution in [3.63, 3.8) is 0 Å². The minimum absolute atomic E-state index is 0.185. The molecule has 2 heteroatoms. The van der Waals surface area contributed by atoms with Crippen molar-refractivity contribution in [3.8, 4) is 0 Å². The Morgan fingerprint density at radius 2 is 1.83 bits per heavy atom. The molecule has 0 unspecified atom stereocenters. The molecule has 1 spiro atoms. The van der Waals surface area contributed by atoms with Gasteiger partial charge in [-0.15, -0.1) is 0 Å². The van der Waals surface area contributed by atoms with Gasteiger partial charge in [-0.25, -0.2) is 0 Å². The first-order chi connectivity index (χ1) is 5.83. The van der Waals surface area contributed by atoms with Crippen LogP contribution in [-0.2, 0) is 9.53 Å². The lowest BCUT2D eigenvalue weighted by molar-refractivity contribution is -0.130. The number of carbonyl (C=O) groups excluding carboxylic acids is 1. The van der Waals surface area contributed by atoms with Gasteiger partial charge in [0.05, 0.1) is 6.26 Å². The van der Waals surface area contributed by atoms with Gasteiger partial charge in [-0.2, -0.15) is 0 Å². The van der Waals surface area contributed by atoms with Gasteiger partial charge in [0.1, 0.15) is 0 Å². The summed E-state index contributed by atoms with van der Waals surface area (Å²) in [6.45, 7) is 0. The fraction of sp³-hybridized carbons (Fsp3) is 0.700. The average molecular weight is 166 g/mol. The Kier molecular flexibility index (Phi) is 1.91. The molecule has 0 atom stereocenters. The third kappa shape index (κ3) is 1.15. The molecule has 1 heterocycles. The molecule has 0 aromatic rings. The van der Waals surface area contributed by atoms with Crippen molar-refractivity contribution in [1.82, 2.24) is 0 Å². The van der Waals surface area contributed by atoms with Gasteiger partial charge in [-0.1, -0.05) is 12.8 Å². The largest absolute Gasteiger partial charge is 0.487 e. The molecule has 66 valence electrons. The number of hydrogen-bond acceptors (Lipinski definition) is 2. The molecule has 0 bridgehead atoms. The Hall–Kier alpha value is -0.790. The second-order valence-electron chi connectivity index (χ2n) is 3.69. The standard InChI is InChI=1S/C10H14O2/c11-9-5-8-12-10(9)6-3-1-2-4-7-10/h5,8H,1-4,6-7H2. The van der Waals surface area contributed by atoms with E-state index >= 15 is 0 Å². The smallest absolute Gasteiger partial charge is 0.202 e. The number of ether oxygens (including phenoxy) is 1. The first kappa shape index (κ1) is 7.84. The van der Waals surface area contributed by atoms with E-state index in [-0.39, 0.29) is 5.78 Å². The van der Waals surface area contributed by atoms with Crippen LogP contribution in [0.3, 0.4) is 0 Å². The molecule has 0 aromatic heterocycles. The third-order valence-corrected chi connectivity index (χ3v) is 2.87. The predicted octanol–water partition coefficient (Wildman–Crippen LogP) is 2.19. The number of carbonyl (C=O) groups is 1. The van der Waals surface area contributed by atoms with Gasteiger partial charge >= 0.3 is 0 Å². The second-order valence-corrected chi connectivity index (χ2v) is 3.69. The molecule has 1 fully saturated rings. The summed E-state index contributed by atoms with van der Waals surface area (Å²) in [5.74, 6) is 0.185. The zero-order valence-electron chi connectivity index (χ0n) is 7.21. The van der Waals surface area contributed by atoms with Gasteiger partial charge in [0.25, 0.3) is 0 Å². The summed E-state index contributed by atoms with van der Waals surface area (Å²) >= 11 is 0. The molecular weight excluding hydrogens is 152 g/mol. The summed E-state index contributed by atoms with van der Waals surface area (Å²) in [5.41, 5.74) is -0.434. The Morgan fingerprint density at radius 1 is 1.17 bits per heavy atom. The lowest BCUT2D eigenvalue weighted by atomic mass is 9.91. The normalized spacial score (nSPS) is 27.2. The van der Waals surface area contributed by atoms with E-state index in [9.17, 15) is 4.79 Å². The van der Waals surface area contributed by atoms with E-state index in [2.05, 4.69) is 0 Å². The van der Waals surface area contributed by atoms with Crippen LogP contribution >= 0.6 is 0 Å². The van der Waals surface area contributed by atoms with E-state index in [0.29, 0.717) is 0 Å². The fourth-order valence-electron chi connectivity index (χ4n) is 2.10. The maximum absolute atomic E-state index is 11.5. The van der Waals surface area contributed by atoms with Crippen LogP contribution in [0.1, 0.15) is 38.5 Å². The molecule has 0 radical (unpaired) electrons. The van der Waals surface area contributed by atoms with Gasteiger partial charge in [-0.3, -0.25) is 4.79 Å². The Labute approximate surface area is 72.6 Å². The van der Waals surface area contributed by atoms with Gasteiger partial charge in [0.2, 0.25) is 5.78 Å². The van der Waals surface area contributed by atoms with Crippen LogP contribution in [0, 0.1) is 0 Å². The highest BCUT2D eigenvalue weighted by Crippen LogP contribution is 2.34. The minimum atomic E-state index is -0.434. The highest BCUT2D eigenvalue weighted by molar-refractivity contribution is 5.98. The molecule has 0 saturated heterocycles. The fourth-order valence-corrected chi connectivity index (χ4v) is 2.10. The molecule has 2 nitrogen and oxygen atoms in total. The van der Waals surface area contributed by atoms with Crippen molar-refractivity contribution in [3.05, 3.63) is 12.3 Å². The van der Waals surface area contributed by atoms with E-state index in [1.54, 1.807) is 12.3 Å². The molecule has 2 aliphatic rings. The summed E-state index contributed by atoms with van der Waals surface area (Å²) in [4.78, 5) is 11.5. The summed E-state index contributed by atoms with van der Waals surface area (Å²) in [6, 6.07) is 0. The molecule has 1 saturated carbocycles. The quantitative estimate of drug-likeness (QED) is 0.551. The first-order valence-electron chi connectivity index (χ1n) is 4.72. The zero-order valence-corrected chi connectivity index (χ0v) is 7.21. The van der Waals surface area contributed by atoms with Crippen molar-refractivity contribution < 1.29 is 9.53 Å². The summed E-state index contributed by atoms with van der Waals surface area (Å²) < 4.78 is 5.44. The first-order valence-corrected chi connectivity index (χ1v) is 4.72. The lowest BCUT2D eigenvalue weighted by Crippen LogP contribution is -2.35. The monoisotopic (exact) mass is 166 g/mol. The molecule has 0 amide bonds. The Bertz CT molecular complexity index is 210. The van der Waals surface area contributed by atoms with Crippen molar-refractivity contribution >= 4 is 5.78 Å². The molecular formula is C10H14O2. The van der Waals surface area contributed by atoms with Crippen molar-refractivity contribution in [2.75, 3.05) is 0 Å². The summed E-state index contributed by atoms with van der Waals surface area (Å²) in [6.07, 6.45) is 9.73. The molecule has 0 N–H and O–H groups in total. The Morgan fingerprint density at radius 3 is 2.33 bits per heavy atom. The van der Waals surface area contributed by atoms with E-state index in [0.717, 1.165) is 25.7 Å². The highest BCUT2D eigenvalue weighted by Gasteiger charge is 2.41. The molecule has 0 aromatic carbocycles. The summed E-state index contributed by atoms with van der Waals surface area (Å²) in [7, 11) is 0. The maximum atomic E-state index is 11.5. The number of hydrogen-bond donors (Lipinski definition) is 0. The van der Waals surface area contributed by atoms with Gasteiger partial charge in [0, 0.05) is 6.08 Å². The van der Waals surface area contributed by atoms with Crippen LogP contribution < -0.4 is 0 Å². The Balaban J connectivity index is 2.13. The lowest BCUT2D eigenvalue weighted by Gasteiger charge is -2.24. The average Bonchev–Trinajstić information content (AvgIpc) is 2.33. The second kappa shape index (κ2) is 2.92. The maximum Gasteiger partial charge on any atom is 0.202 e. The van der Waals surface area contributed by atoms with Crippen LogP contribution in [0.15, 0.2) is 12.3 Å². The van der Waals surface area contributed by atoms with Crippen molar-refractivity contribution in [2.24, 2.45) is 0 Å². The number of ketones is 1.